The van der Waals surface area contributed by atoms with E-state index in [1.807, 2.05) is 0 Å². The first kappa shape index (κ1) is 18.4. The van der Waals surface area contributed by atoms with Gasteiger partial charge in [-0.3, -0.25) is 4.79 Å². The maximum Gasteiger partial charge on any atom is 0.338 e. The molecule has 2 rings (SSSR count). The SMILES string of the molecule is COc1ccc([C@@H](C)NC(=O)COC(=O)c2cc(F)cc(F)c2)cc1. The number of halogens is 2. The van der Waals surface area contributed by atoms with E-state index in [2.05, 4.69) is 5.32 Å². The molecule has 0 aliphatic heterocycles. The molecule has 2 aromatic carbocycles. The second-order valence-corrected chi connectivity index (χ2v) is 5.30. The Kier molecular flexibility index (Phi) is 6.05. The van der Waals surface area contributed by atoms with Gasteiger partial charge in [-0.2, -0.15) is 0 Å². The number of rotatable bonds is 6. The molecule has 0 aromatic heterocycles. The summed E-state index contributed by atoms with van der Waals surface area (Å²) in [6, 6.07) is 9.11. The van der Waals surface area contributed by atoms with Gasteiger partial charge < -0.3 is 14.8 Å². The Bertz CT molecular complexity index is 742. The van der Waals surface area contributed by atoms with Crippen molar-refractivity contribution in [3.8, 4) is 5.75 Å². The number of carbonyl (C=O) groups is 2. The minimum absolute atomic E-state index is 0.298. The van der Waals surface area contributed by atoms with E-state index in [9.17, 15) is 18.4 Å². The summed E-state index contributed by atoms with van der Waals surface area (Å²) in [5.41, 5.74) is 0.543. The van der Waals surface area contributed by atoms with Crippen molar-refractivity contribution in [2.24, 2.45) is 0 Å². The van der Waals surface area contributed by atoms with Gasteiger partial charge in [0, 0.05) is 6.07 Å². The number of esters is 1. The van der Waals surface area contributed by atoms with Gasteiger partial charge in [0.2, 0.25) is 0 Å². The van der Waals surface area contributed by atoms with Gasteiger partial charge in [-0.05, 0) is 36.8 Å². The molecule has 0 spiro atoms. The number of benzene rings is 2. The number of methoxy groups -OCH3 is 1. The number of hydrogen-bond acceptors (Lipinski definition) is 4. The summed E-state index contributed by atoms with van der Waals surface area (Å²) in [6.07, 6.45) is 0. The first-order chi connectivity index (χ1) is 11.9. The summed E-state index contributed by atoms with van der Waals surface area (Å²) < 4.78 is 36.0. The molecular weight excluding hydrogens is 332 g/mol. The summed E-state index contributed by atoms with van der Waals surface area (Å²) in [6.45, 7) is 1.21. The topological polar surface area (TPSA) is 64.6 Å². The van der Waals surface area contributed by atoms with E-state index in [1.54, 1.807) is 38.3 Å². The number of amides is 1. The second kappa shape index (κ2) is 8.23. The van der Waals surface area contributed by atoms with E-state index in [4.69, 9.17) is 9.47 Å². The van der Waals surface area contributed by atoms with Crippen LogP contribution in [-0.2, 0) is 9.53 Å². The molecule has 132 valence electrons. The zero-order valence-corrected chi connectivity index (χ0v) is 13.7. The van der Waals surface area contributed by atoms with E-state index in [0.717, 1.165) is 17.7 Å². The Balaban J connectivity index is 1.87. The predicted molar refractivity (Wildman–Crippen MR) is 86.2 cm³/mol. The number of hydrogen-bond donors (Lipinski definition) is 1. The number of carbonyl (C=O) groups excluding carboxylic acids is 2. The third-order valence-electron chi connectivity index (χ3n) is 3.43. The van der Waals surface area contributed by atoms with Gasteiger partial charge in [0.05, 0.1) is 18.7 Å². The normalized spacial score (nSPS) is 11.5. The molecule has 0 aliphatic rings. The molecule has 1 amide bonds. The smallest absolute Gasteiger partial charge is 0.338 e. The van der Waals surface area contributed by atoms with E-state index < -0.39 is 30.1 Å². The predicted octanol–water partition coefficient (Wildman–Crippen LogP) is 3.01. The molecule has 0 aliphatic carbocycles. The Labute approximate surface area is 143 Å². The zero-order chi connectivity index (χ0) is 18.4. The van der Waals surface area contributed by atoms with Gasteiger partial charge in [0.25, 0.3) is 5.91 Å². The fourth-order valence-corrected chi connectivity index (χ4v) is 2.15. The Morgan fingerprint density at radius 1 is 1.08 bits per heavy atom. The minimum Gasteiger partial charge on any atom is -0.497 e. The van der Waals surface area contributed by atoms with Crippen molar-refractivity contribution in [3.05, 3.63) is 65.2 Å². The largest absolute Gasteiger partial charge is 0.497 e. The van der Waals surface area contributed by atoms with Crippen LogP contribution in [0.3, 0.4) is 0 Å². The van der Waals surface area contributed by atoms with Gasteiger partial charge in [0.15, 0.2) is 6.61 Å². The van der Waals surface area contributed by atoms with Crippen molar-refractivity contribution in [3.63, 3.8) is 0 Å². The maximum atomic E-state index is 13.1. The third-order valence-corrected chi connectivity index (χ3v) is 3.43. The summed E-state index contributed by atoms with van der Waals surface area (Å²) in [4.78, 5) is 23.6. The summed E-state index contributed by atoms with van der Waals surface area (Å²) in [5.74, 6) is -2.62. The number of ether oxygens (including phenoxy) is 2. The molecule has 0 fully saturated rings. The highest BCUT2D eigenvalue weighted by Gasteiger charge is 2.14. The summed E-state index contributed by atoms with van der Waals surface area (Å²) in [7, 11) is 1.55. The van der Waals surface area contributed by atoms with E-state index in [-0.39, 0.29) is 11.6 Å². The average molecular weight is 349 g/mol. The van der Waals surface area contributed by atoms with Crippen LogP contribution >= 0.6 is 0 Å². The van der Waals surface area contributed by atoms with Gasteiger partial charge in [-0.25, -0.2) is 13.6 Å². The molecular formula is C18H17F2NO4. The van der Waals surface area contributed by atoms with Crippen LogP contribution in [0.5, 0.6) is 5.75 Å². The summed E-state index contributed by atoms with van der Waals surface area (Å²) >= 11 is 0. The molecule has 1 N–H and O–H groups in total. The lowest BCUT2D eigenvalue weighted by Crippen LogP contribution is -2.31. The molecule has 2 aromatic rings. The molecule has 25 heavy (non-hydrogen) atoms. The van der Waals surface area contributed by atoms with E-state index in [0.29, 0.717) is 11.8 Å². The van der Waals surface area contributed by atoms with Crippen LogP contribution in [0.25, 0.3) is 0 Å². The lowest BCUT2D eigenvalue weighted by Gasteiger charge is -2.15. The van der Waals surface area contributed by atoms with E-state index >= 15 is 0 Å². The van der Waals surface area contributed by atoms with Gasteiger partial charge in [-0.15, -0.1) is 0 Å². The summed E-state index contributed by atoms with van der Waals surface area (Å²) in [5, 5.41) is 2.66. The van der Waals surface area contributed by atoms with Gasteiger partial charge in [0.1, 0.15) is 17.4 Å². The highest BCUT2D eigenvalue weighted by molar-refractivity contribution is 5.91. The quantitative estimate of drug-likeness (QED) is 0.815. The standard InChI is InChI=1S/C18H17F2NO4/c1-11(12-3-5-16(24-2)6-4-12)21-17(22)10-25-18(23)13-7-14(19)9-15(20)8-13/h3-9,11H,10H2,1-2H3,(H,21,22)/t11-/m1/s1. The Morgan fingerprint density at radius 3 is 2.24 bits per heavy atom. The molecule has 1 atom stereocenters. The average Bonchev–Trinajstić information content (AvgIpc) is 2.58. The molecule has 0 heterocycles. The maximum absolute atomic E-state index is 13.1. The zero-order valence-electron chi connectivity index (χ0n) is 13.7. The first-order valence-electron chi connectivity index (χ1n) is 7.45. The molecule has 0 unspecified atom stereocenters. The van der Waals surface area contributed by atoms with Crippen LogP contribution in [0.1, 0.15) is 28.9 Å². The molecule has 5 nitrogen and oxygen atoms in total. The van der Waals surface area contributed by atoms with Crippen LogP contribution in [0.4, 0.5) is 8.78 Å². The highest BCUT2D eigenvalue weighted by atomic mass is 19.1. The Morgan fingerprint density at radius 2 is 1.68 bits per heavy atom. The highest BCUT2D eigenvalue weighted by Crippen LogP contribution is 2.17. The van der Waals surface area contributed by atoms with Crippen LogP contribution in [0.2, 0.25) is 0 Å². The van der Waals surface area contributed by atoms with E-state index in [1.165, 1.54) is 0 Å². The van der Waals surface area contributed by atoms with Crippen LogP contribution in [-0.4, -0.2) is 25.6 Å². The lowest BCUT2D eigenvalue weighted by molar-refractivity contribution is -0.124. The Hall–Kier alpha value is -2.96. The van der Waals surface area contributed by atoms with Crippen molar-refractivity contribution >= 4 is 11.9 Å². The van der Waals surface area contributed by atoms with Crippen molar-refractivity contribution in [1.82, 2.24) is 5.32 Å². The number of nitrogens with one attached hydrogen (secondary N) is 1. The molecule has 0 saturated carbocycles. The second-order valence-electron chi connectivity index (χ2n) is 5.30. The van der Waals surface area contributed by atoms with Crippen molar-refractivity contribution < 1.29 is 27.8 Å². The molecule has 7 heteroatoms. The van der Waals surface area contributed by atoms with Crippen LogP contribution in [0.15, 0.2) is 42.5 Å². The monoisotopic (exact) mass is 349 g/mol. The fourth-order valence-electron chi connectivity index (χ4n) is 2.15. The molecule has 0 saturated heterocycles. The first-order valence-corrected chi connectivity index (χ1v) is 7.45. The minimum atomic E-state index is -0.981. The fraction of sp³-hybridized carbons (Fsp3) is 0.222. The van der Waals surface area contributed by atoms with Gasteiger partial charge in [-0.1, -0.05) is 12.1 Å². The third kappa shape index (κ3) is 5.27. The van der Waals surface area contributed by atoms with Crippen molar-refractivity contribution in [2.75, 3.05) is 13.7 Å². The lowest BCUT2D eigenvalue weighted by atomic mass is 10.1. The van der Waals surface area contributed by atoms with Crippen molar-refractivity contribution in [2.45, 2.75) is 13.0 Å². The van der Waals surface area contributed by atoms with Crippen molar-refractivity contribution in [1.29, 1.82) is 0 Å². The molecule has 0 bridgehead atoms. The molecule has 0 radical (unpaired) electrons. The van der Waals surface area contributed by atoms with Gasteiger partial charge >= 0.3 is 5.97 Å². The van der Waals surface area contributed by atoms with Crippen LogP contribution < -0.4 is 10.1 Å². The van der Waals surface area contributed by atoms with Crippen LogP contribution in [0, 0.1) is 11.6 Å².